The Bertz CT molecular complexity index is 955. The third-order valence-electron chi connectivity index (χ3n) is 5.71. The van der Waals surface area contributed by atoms with Gasteiger partial charge in [-0.25, -0.2) is 0 Å². The van der Waals surface area contributed by atoms with Crippen molar-refractivity contribution in [2.45, 2.75) is 18.4 Å². The van der Waals surface area contributed by atoms with Crippen LogP contribution in [-0.4, -0.2) is 35.4 Å². The fourth-order valence-corrected chi connectivity index (χ4v) is 4.46. The van der Waals surface area contributed by atoms with Gasteiger partial charge in [0.05, 0.1) is 23.1 Å². The van der Waals surface area contributed by atoms with Crippen LogP contribution in [0, 0.1) is 0 Å². The van der Waals surface area contributed by atoms with Gasteiger partial charge in [0.15, 0.2) is 5.76 Å². The number of nitrogens with zero attached hydrogens (tertiary/aromatic N) is 3. The van der Waals surface area contributed by atoms with Crippen LogP contribution in [0.2, 0.25) is 0 Å². The lowest BCUT2D eigenvalue weighted by molar-refractivity contribution is 0.0752. The first kappa shape index (κ1) is 16.1. The molecule has 2 aliphatic rings. The highest BCUT2D eigenvalue weighted by atomic mass is 16.3. The highest BCUT2D eigenvalue weighted by Gasteiger charge is 2.49. The highest BCUT2D eigenvalue weighted by Crippen LogP contribution is 2.45. The summed E-state index contributed by atoms with van der Waals surface area (Å²) in [6.07, 6.45) is 4.34. The smallest absolute Gasteiger partial charge is 0.289 e. The maximum atomic E-state index is 12.7. The molecule has 3 aromatic rings. The minimum absolute atomic E-state index is 0.0316. The Balaban J connectivity index is 1.43. The second-order valence-corrected chi connectivity index (χ2v) is 7.45. The fourth-order valence-electron chi connectivity index (χ4n) is 4.46. The van der Waals surface area contributed by atoms with E-state index in [-0.39, 0.29) is 11.3 Å². The van der Waals surface area contributed by atoms with E-state index in [0.29, 0.717) is 12.3 Å². The van der Waals surface area contributed by atoms with E-state index in [0.717, 1.165) is 31.7 Å². The van der Waals surface area contributed by atoms with Crippen molar-refractivity contribution < 1.29 is 9.21 Å². The predicted molar refractivity (Wildman–Crippen MR) is 103 cm³/mol. The summed E-state index contributed by atoms with van der Waals surface area (Å²) in [5.74, 6) is 0.378. The van der Waals surface area contributed by atoms with E-state index in [2.05, 4.69) is 35.2 Å². The summed E-state index contributed by atoms with van der Waals surface area (Å²) in [7, 11) is 0. The molecule has 5 heteroatoms. The molecule has 1 amide bonds. The van der Waals surface area contributed by atoms with Gasteiger partial charge in [-0.15, -0.1) is 0 Å². The van der Waals surface area contributed by atoms with Gasteiger partial charge >= 0.3 is 0 Å². The number of hydrogen-bond donors (Lipinski definition) is 0. The van der Waals surface area contributed by atoms with Crippen LogP contribution in [0.15, 0.2) is 71.5 Å². The maximum absolute atomic E-state index is 12.7. The van der Waals surface area contributed by atoms with E-state index >= 15 is 0 Å². The van der Waals surface area contributed by atoms with Gasteiger partial charge in [0, 0.05) is 32.4 Å². The standard InChI is InChI=1S/C22H21N3O2/c26-21(19-9-5-13-27-19)24-12-10-22(15-24)16-25(14-17-6-2-1-3-7-17)18-8-4-11-23-20(18)22/h1-9,11,13H,10,12,14-16H2/t22-/m0/s1. The van der Waals surface area contributed by atoms with Gasteiger partial charge in [0.25, 0.3) is 5.91 Å². The van der Waals surface area contributed by atoms with E-state index in [1.807, 2.05) is 23.2 Å². The predicted octanol–water partition coefficient (Wildman–Crippen LogP) is 3.48. The number of amides is 1. The molecule has 0 unspecified atom stereocenters. The highest BCUT2D eigenvalue weighted by molar-refractivity contribution is 5.91. The Hall–Kier alpha value is -3.08. The molecule has 0 radical (unpaired) electrons. The second kappa shape index (κ2) is 6.27. The molecule has 0 saturated carbocycles. The second-order valence-electron chi connectivity index (χ2n) is 7.45. The quantitative estimate of drug-likeness (QED) is 0.718. The summed E-state index contributed by atoms with van der Waals surface area (Å²) in [6, 6.07) is 18.1. The molecule has 136 valence electrons. The molecule has 5 rings (SSSR count). The van der Waals surface area contributed by atoms with E-state index in [9.17, 15) is 4.79 Å². The monoisotopic (exact) mass is 359 g/mol. The number of anilines is 1. The summed E-state index contributed by atoms with van der Waals surface area (Å²) >= 11 is 0. The van der Waals surface area contributed by atoms with Crippen LogP contribution < -0.4 is 4.90 Å². The average Bonchev–Trinajstić information content (AvgIpc) is 3.44. The number of likely N-dealkylation sites (tertiary alicyclic amines) is 1. The SMILES string of the molecule is O=C(c1ccco1)N1CC[C@]2(C1)CN(Cc1ccccc1)c1cccnc12. The van der Waals surface area contributed by atoms with Crippen molar-refractivity contribution in [1.29, 1.82) is 0 Å². The first-order chi connectivity index (χ1) is 13.3. The molecule has 2 aliphatic heterocycles. The molecule has 4 heterocycles. The van der Waals surface area contributed by atoms with E-state index in [1.165, 1.54) is 11.3 Å². The van der Waals surface area contributed by atoms with Crippen molar-refractivity contribution in [3.63, 3.8) is 0 Å². The number of carbonyl (C=O) groups is 1. The van der Waals surface area contributed by atoms with Crippen molar-refractivity contribution in [1.82, 2.24) is 9.88 Å². The van der Waals surface area contributed by atoms with Crippen molar-refractivity contribution >= 4 is 11.6 Å². The number of carbonyl (C=O) groups excluding carboxylic acids is 1. The number of benzene rings is 1. The number of pyridine rings is 1. The number of fused-ring (bicyclic) bond motifs is 2. The minimum Gasteiger partial charge on any atom is -0.459 e. The molecule has 5 nitrogen and oxygen atoms in total. The molecule has 0 aliphatic carbocycles. The van der Waals surface area contributed by atoms with Gasteiger partial charge in [-0.05, 0) is 36.2 Å². The largest absolute Gasteiger partial charge is 0.459 e. The number of aromatic nitrogens is 1. The normalized spacial score (nSPS) is 21.0. The van der Waals surface area contributed by atoms with Gasteiger partial charge in [-0.2, -0.15) is 0 Å². The zero-order valence-corrected chi connectivity index (χ0v) is 15.0. The lowest BCUT2D eigenvalue weighted by Crippen LogP contribution is -2.38. The molecule has 1 spiro atoms. The molecule has 1 aromatic carbocycles. The average molecular weight is 359 g/mol. The zero-order chi connectivity index (χ0) is 18.3. The molecular formula is C22H21N3O2. The van der Waals surface area contributed by atoms with Gasteiger partial charge in [0.1, 0.15) is 0 Å². The molecule has 1 fully saturated rings. The molecule has 0 bridgehead atoms. The lowest BCUT2D eigenvalue weighted by Gasteiger charge is -2.25. The van der Waals surface area contributed by atoms with Gasteiger partial charge in [-0.1, -0.05) is 30.3 Å². The van der Waals surface area contributed by atoms with Crippen LogP contribution >= 0.6 is 0 Å². The Morgan fingerprint density at radius 2 is 1.96 bits per heavy atom. The molecule has 2 aromatic heterocycles. The van der Waals surface area contributed by atoms with Crippen LogP contribution in [0.5, 0.6) is 0 Å². The molecule has 0 N–H and O–H groups in total. The van der Waals surface area contributed by atoms with Crippen molar-refractivity contribution in [2.75, 3.05) is 24.5 Å². The third kappa shape index (κ3) is 2.70. The number of furan rings is 1. The van der Waals surface area contributed by atoms with Crippen LogP contribution in [-0.2, 0) is 12.0 Å². The first-order valence-electron chi connectivity index (χ1n) is 9.32. The van der Waals surface area contributed by atoms with E-state index in [4.69, 9.17) is 9.40 Å². The Labute approximate surface area is 158 Å². The van der Waals surface area contributed by atoms with Crippen LogP contribution in [0.4, 0.5) is 5.69 Å². The van der Waals surface area contributed by atoms with E-state index in [1.54, 1.807) is 18.4 Å². The summed E-state index contributed by atoms with van der Waals surface area (Å²) in [5, 5.41) is 0. The van der Waals surface area contributed by atoms with E-state index < -0.39 is 0 Å². The summed E-state index contributed by atoms with van der Waals surface area (Å²) in [4.78, 5) is 21.8. The molecular weight excluding hydrogens is 338 g/mol. The fraction of sp³-hybridized carbons (Fsp3) is 0.273. The van der Waals surface area contributed by atoms with Gasteiger partial charge in [0.2, 0.25) is 0 Å². The van der Waals surface area contributed by atoms with Crippen molar-refractivity contribution in [2.24, 2.45) is 0 Å². The molecule has 1 atom stereocenters. The molecule has 1 saturated heterocycles. The van der Waals surface area contributed by atoms with Crippen LogP contribution in [0.3, 0.4) is 0 Å². The van der Waals surface area contributed by atoms with Gasteiger partial charge in [-0.3, -0.25) is 9.78 Å². The van der Waals surface area contributed by atoms with Gasteiger partial charge < -0.3 is 14.2 Å². The zero-order valence-electron chi connectivity index (χ0n) is 15.0. The van der Waals surface area contributed by atoms with Crippen molar-refractivity contribution in [3.05, 3.63) is 84.1 Å². The summed E-state index contributed by atoms with van der Waals surface area (Å²) < 4.78 is 5.31. The minimum atomic E-state index is -0.104. The molecule has 27 heavy (non-hydrogen) atoms. The summed E-state index contributed by atoms with van der Waals surface area (Å²) in [6.45, 7) is 3.15. The Morgan fingerprint density at radius 1 is 1.07 bits per heavy atom. The van der Waals surface area contributed by atoms with Crippen molar-refractivity contribution in [3.8, 4) is 0 Å². The lowest BCUT2D eigenvalue weighted by atomic mass is 9.85. The number of hydrogen-bond acceptors (Lipinski definition) is 4. The maximum Gasteiger partial charge on any atom is 0.289 e. The van der Waals surface area contributed by atoms with Crippen LogP contribution in [0.25, 0.3) is 0 Å². The Kier molecular flexibility index (Phi) is 3.74. The number of rotatable bonds is 3. The summed E-state index contributed by atoms with van der Waals surface area (Å²) in [5.41, 5.74) is 3.49. The third-order valence-corrected chi connectivity index (χ3v) is 5.71. The first-order valence-corrected chi connectivity index (χ1v) is 9.32. The van der Waals surface area contributed by atoms with Crippen LogP contribution in [0.1, 0.15) is 28.2 Å². The Morgan fingerprint density at radius 3 is 2.78 bits per heavy atom. The topological polar surface area (TPSA) is 49.6 Å².